The van der Waals surface area contributed by atoms with E-state index < -0.39 is 0 Å². The fourth-order valence-electron chi connectivity index (χ4n) is 0.586. The van der Waals surface area contributed by atoms with Crippen molar-refractivity contribution < 1.29 is 4.52 Å². The molecule has 0 radical (unpaired) electrons. The van der Waals surface area contributed by atoms with Gasteiger partial charge in [-0.15, -0.1) is 0 Å². The van der Waals surface area contributed by atoms with Crippen molar-refractivity contribution in [2.45, 2.75) is 20.3 Å². The smallest absolute Gasteiger partial charge is 0.0889 e. The van der Waals surface area contributed by atoms with Crippen LogP contribution in [-0.2, 0) is 4.52 Å². The van der Waals surface area contributed by atoms with Crippen molar-refractivity contribution >= 4 is 8.96 Å². The van der Waals surface area contributed by atoms with Crippen LogP contribution >= 0.6 is 8.96 Å². The average molecular weight is 174 g/mol. The first-order chi connectivity index (χ1) is 5.35. The first kappa shape index (κ1) is 10.8. The zero-order valence-corrected chi connectivity index (χ0v) is 8.13. The van der Waals surface area contributed by atoms with E-state index in [0.717, 1.165) is 13.1 Å². The summed E-state index contributed by atoms with van der Waals surface area (Å²) >= 11 is 0. The SMILES string of the molecule is CCN(CC)POCCC#N. The second-order valence-corrected chi connectivity index (χ2v) is 3.12. The van der Waals surface area contributed by atoms with Crippen molar-refractivity contribution in [1.29, 1.82) is 5.26 Å². The Hall–Kier alpha value is -0.160. The number of hydrogen-bond acceptors (Lipinski definition) is 3. The van der Waals surface area contributed by atoms with Crippen LogP contribution in [0.25, 0.3) is 0 Å². The first-order valence-corrected chi connectivity index (χ1v) is 4.70. The Bertz CT molecular complexity index is 120. The zero-order valence-electron chi connectivity index (χ0n) is 7.13. The van der Waals surface area contributed by atoms with Crippen molar-refractivity contribution in [3.05, 3.63) is 0 Å². The van der Waals surface area contributed by atoms with Crippen LogP contribution in [0.3, 0.4) is 0 Å². The molecule has 0 aromatic heterocycles. The van der Waals surface area contributed by atoms with Gasteiger partial charge < -0.3 is 4.52 Å². The third-order valence-corrected chi connectivity index (χ3v) is 2.50. The van der Waals surface area contributed by atoms with E-state index in [4.69, 9.17) is 9.79 Å². The van der Waals surface area contributed by atoms with Crippen LogP contribution in [0.2, 0.25) is 0 Å². The molecule has 0 saturated carbocycles. The van der Waals surface area contributed by atoms with Crippen LogP contribution in [0.4, 0.5) is 0 Å². The fraction of sp³-hybridized carbons (Fsp3) is 0.857. The summed E-state index contributed by atoms with van der Waals surface area (Å²) in [5, 5.41) is 8.21. The normalized spacial score (nSPS) is 11.1. The van der Waals surface area contributed by atoms with E-state index in [9.17, 15) is 0 Å². The van der Waals surface area contributed by atoms with E-state index in [1.54, 1.807) is 0 Å². The molecule has 11 heavy (non-hydrogen) atoms. The van der Waals surface area contributed by atoms with Crippen LogP contribution in [0.1, 0.15) is 20.3 Å². The molecule has 0 aliphatic carbocycles. The number of nitriles is 1. The van der Waals surface area contributed by atoms with Gasteiger partial charge in [0.1, 0.15) is 0 Å². The van der Waals surface area contributed by atoms with Crippen LogP contribution in [0, 0.1) is 11.3 Å². The van der Waals surface area contributed by atoms with Crippen molar-refractivity contribution in [3.8, 4) is 6.07 Å². The third-order valence-electron chi connectivity index (χ3n) is 1.27. The zero-order chi connectivity index (χ0) is 8.53. The summed E-state index contributed by atoms with van der Waals surface area (Å²) < 4.78 is 7.44. The van der Waals surface area contributed by atoms with Gasteiger partial charge in [-0.25, -0.2) is 0 Å². The maximum absolute atomic E-state index is 8.21. The van der Waals surface area contributed by atoms with Gasteiger partial charge in [0.2, 0.25) is 0 Å². The first-order valence-electron chi connectivity index (χ1n) is 3.84. The van der Waals surface area contributed by atoms with Crippen molar-refractivity contribution in [2.24, 2.45) is 0 Å². The highest BCUT2D eigenvalue weighted by atomic mass is 31.1. The minimum atomic E-state index is 0.415. The van der Waals surface area contributed by atoms with Crippen LogP contribution in [0.15, 0.2) is 0 Å². The molecule has 0 heterocycles. The summed E-state index contributed by atoms with van der Waals surface area (Å²) in [5.74, 6) is 0. The van der Waals surface area contributed by atoms with E-state index in [1.807, 2.05) is 6.07 Å². The number of nitrogens with zero attached hydrogens (tertiary/aromatic N) is 2. The van der Waals surface area contributed by atoms with Gasteiger partial charge in [0.05, 0.1) is 28.1 Å². The maximum atomic E-state index is 8.21. The molecule has 0 amide bonds. The molecule has 0 saturated heterocycles. The highest BCUT2D eigenvalue weighted by Gasteiger charge is 1.97. The summed E-state index contributed by atoms with van der Waals surface area (Å²) in [5.41, 5.74) is 0. The summed E-state index contributed by atoms with van der Waals surface area (Å²) in [4.78, 5) is 0. The maximum Gasteiger partial charge on any atom is 0.0889 e. The monoisotopic (exact) mass is 174 g/mol. The molecule has 1 atom stereocenters. The molecule has 3 nitrogen and oxygen atoms in total. The molecule has 64 valence electrons. The Balaban J connectivity index is 3.16. The minimum Gasteiger partial charge on any atom is -0.345 e. The molecule has 0 N–H and O–H groups in total. The van der Waals surface area contributed by atoms with Crippen LogP contribution in [0.5, 0.6) is 0 Å². The van der Waals surface area contributed by atoms with Crippen molar-refractivity contribution in [3.63, 3.8) is 0 Å². The molecular weight excluding hydrogens is 159 g/mol. The molecule has 0 fully saturated rings. The molecule has 0 rings (SSSR count). The van der Waals surface area contributed by atoms with E-state index >= 15 is 0 Å². The second kappa shape index (κ2) is 7.94. The lowest BCUT2D eigenvalue weighted by Gasteiger charge is -2.16. The van der Waals surface area contributed by atoms with Crippen molar-refractivity contribution in [2.75, 3.05) is 19.7 Å². The van der Waals surface area contributed by atoms with Crippen molar-refractivity contribution in [1.82, 2.24) is 4.67 Å². The molecule has 0 bridgehead atoms. The van der Waals surface area contributed by atoms with E-state index in [1.165, 1.54) is 0 Å². The molecule has 4 heteroatoms. The fourth-order valence-corrected chi connectivity index (χ4v) is 1.22. The van der Waals surface area contributed by atoms with Gasteiger partial charge in [-0.3, -0.25) is 4.67 Å². The van der Waals surface area contributed by atoms with Gasteiger partial charge >= 0.3 is 0 Å². The second-order valence-electron chi connectivity index (χ2n) is 2.02. The molecule has 1 unspecified atom stereocenters. The molecule has 0 aliphatic heterocycles. The summed E-state index contributed by atoms with van der Waals surface area (Å²) in [6.07, 6.45) is 0.494. The number of rotatable bonds is 6. The molecule has 0 spiro atoms. The van der Waals surface area contributed by atoms with Gasteiger partial charge in [0, 0.05) is 13.1 Å². The molecule has 0 aromatic carbocycles. The highest BCUT2D eigenvalue weighted by molar-refractivity contribution is 7.29. The lowest BCUT2D eigenvalue weighted by molar-refractivity contribution is 0.334. The Morgan fingerprint density at radius 3 is 2.55 bits per heavy atom. The predicted octanol–water partition coefficient (Wildman–Crippen LogP) is 1.77. The Kier molecular flexibility index (Phi) is 7.83. The highest BCUT2D eigenvalue weighted by Crippen LogP contribution is 2.17. The van der Waals surface area contributed by atoms with Crippen LogP contribution in [-0.4, -0.2) is 24.4 Å². The quantitative estimate of drug-likeness (QED) is 0.454. The van der Waals surface area contributed by atoms with Crippen LogP contribution < -0.4 is 0 Å². The predicted molar refractivity (Wildman–Crippen MR) is 47.4 cm³/mol. The Morgan fingerprint density at radius 1 is 1.45 bits per heavy atom. The average Bonchev–Trinajstić information content (AvgIpc) is 2.05. The summed E-state index contributed by atoms with van der Waals surface area (Å²) in [6.45, 7) is 6.79. The van der Waals surface area contributed by atoms with Gasteiger partial charge in [-0.2, -0.15) is 5.26 Å². The summed E-state index contributed by atoms with van der Waals surface area (Å²) in [7, 11) is 0.415. The number of hydrogen-bond donors (Lipinski definition) is 0. The standard InChI is InChI=1S/C7H15N2OP/c1-3-9(4-2)11-10-7-5-6-8/h11H,3-5,7H2,1-2H3. The topological polar surface area (TPSA) is 36.3 Å². The minimum absolute atomic E-state index is 0.415. The lowest BCUT2D eigenvalue weighted by atomic mass is 10.5. The molecule has 0 aromatic rings. The Labute approximate surface area is 70.3 Å². The van der Waals surface area contributed by atoms with Gasteiger partial charge in [-0.1, -0.05) is 13.8 Å². The largest absolute Gasteiger partial charge is 0.345 e. The van der Waals surface area contributed by atoms with E-state index in [-0.39, 0.29) is 0 Å². The molecular formula is C7H15N2OP. The van der Waals surface area contributed by atoms with Gasteiger partial charge in [0.25, 0.3) is 0 Å². The third kappa shape index (κ3) is 6.25. The lowest BCUT2D eigenvalue weighted by Crippen LogP contribution is -2.12. The van der Waals surface area contributed by atoms with E-state index in [0.29, 0.717) is 22.0 Å². The van der Waals surface area contributed by atoms with Gasteiger partial charge in [0.15, 0.2) is 0 Å². The van der Waals surface area contributed by atoms with Gasteiger partial charge in [-0.05, 0) is 0 Å². The molecule has 0 aliphatic rings. The Morgan fingerprint density at radius 2 is 2.09 bits per heavy atom. The summed E-state index contributed by atoms with van der Waals surface area (Å²) in [6, 6.07) is 2.04. The van der Waals surface area contributed by atoms with E-state index in [2.05, 4.69) is 18.5 Å².